The fraction of sp³-hybridized carbons (Fsp3) is 0.800. The minimum Gasteiger partial charge on any atom is -0.475 e. The molecule has 1 aromatic rings. The van der Waals surface area contributed by atoms with Gasteiger partial charge in [-0.25, -0.2) is 13.2 Å². The second-order valence-corrected chi connectivity index (χ2v) is 8.87. The molecule has 29 heavy (non-hydrogen) atoms. The van der Waals surface area contributed by atoms with Crippen LogP contribution < -0.4 is 0 Å². The molecule has 2 heterocycles. The lowest BCUT2D eigenvalue weighted by molar-refractivity contribution is -0.192. The van der Waals surface area contributed by atoms with Crippen LogP contribution in [0.25, 0.3) is 0 Å². The number of rotatable bonds is 7. The van der Waals surface area contributed by atoms with Crippen molar-refractivity contribution in [1.82, 2.24) is 24.2 Å². The molecule has 0 fully saturated rings. The summed E-state index contributed by atoms with van der Waals surface area (Å²) in [4.78, 5) is 10.9. The van der Waals surface area contributed by atoms with Crippen LogP contribution in [0.2, 0.25) is 0 Å². The monoisotopic (exact) mass is 445 g/mol. The SMILES string of the molecule is CCS(=O)(=O)N1Cc2nnn(C)c2C(COCCN(C)C)C1.O=C(O)C(F)(F)F. The van der Waals surface area contributed by atoms with Crippen LogP contribution in [0.1, 0.15) is 24.2 Å². The van der Waals surface area contributed by atoms with Crippen LogP contribution in [0.3, 0.4) is 0 Å². The Kier molecular flexibility index (Phi) is 8.99. The second kappa shape index (κ2) is 10.3. The zero-order chi connectivity index (χ0) is 22.4. The van der Waals surface area contributed by atoms with Crippen LogP contribution in [0.4, 0.5) is 13.2 Å². The Hall–Kier alpha value is -1.77. The van der Waals surface area contributed by atoms with Gasteiger partial charge in [0.05, 0.1) is 31.2 Å². The average Bonchev–Trinajstić information content (AvgIpc) is 2.99. The van der Waals surface area contributed by atoms with Crippen LogP contribution in [-0.2, 0) is 33.1 Å². The zero-order valence-corrected chi connectivity index (χ0v) is 17.5. The number of nitrogens with zero attached hydrogens (tertiary/aromatic N) is 5. The lowest BCUT2D eigenvalue weighted by atomic mass is 10.0. The van der Waals surface area contributed by atoms with Crippen molar-refractivity contribution >= 4 is 16.0 Å². The molecule has 0 saturated carbocycles. The van der Waals surface area contributed by atoms with E-state index in [0.717, 1.165) is 17.9 Å². The summed E-state index contributed by atoms with van der Waals surface area (Å²) in [7, 11) is 2.57. The molecule has 1 aliphatic rings. The van der Waals surface area contributed by atoms with Gasteiger partial charge in [-0.3, -0.25) is 4.68 Å². The molecular formula is C15H26F3N5O5S. The summed E-state index contributed by atoms with van der Waals surface area (Å²) in [6, 6.07) is 0. The van der Waals surface area contributed by atoms with E-state index in [1.54, 1.807) is 11.6 Å². The van der Waals surface area contributed by atoms with E-state index in [2.05, 4.69) is 10.3 Å². The van der Waals surface area contributed by atoms with E-state index in [0.29, 0.717) is 26.3 Å². The number of likely N-dealkylation sites (N-methyl/N-ethyl adjacent to an activating group) is 1. The average molecular weight is 445 g/mol. The van der Waals surface area contributed by atoms with Crippen molar-refractivity contribution in [2.75, 3.05) is 46.2 Å². The predicted octanol–water partition coefficient (Wildman–Crippen LogP) is 0.276. The number of carboxylic acids is 1. The lowest BCUT2D eigenvalue weighted by Crippen LogP contribution is -2.41. The highest BCUT2D eigenvalue weighted by molar-refractivity contribution is 7.89. The van der Waals surface area contributed by atoms with Gasteiger partial charge in [0.1, 0.15) is 5.69 Å². The number of carbonyl (C=O) groups is 1. The number of aromatic nitrogens is 3. The van der Waals surface area contributed by atoms with Gasteiger partial charge < -0.3 is 14.7 Å². The molecule has 0 amide bonds. The summed E-state index contributed by atoms with van der Waals surface area (Å²) in [6.07, 6.45) is -5.08. The molecule has 1 aliphatic heterocycles. The molecule has 168 valence electrons. The topological polar surface area (TPSA) is 118 Å². The van der Waals surface area contributed by atoms with Crippen LogP contribution in [0.5, 0.6) is 0 Å². The van der Waals surface area contributed by atoms with Crippen molar-refractivity contribution < 1.29 is 36.2 Å². The van der Waals surface area contributed by atoms with E-state index in [4.69, 9.17) is 14.6 Å². The molecule has 0 aliphatic carbocycles. The van der Waals surface area contributed by atoms with Gasteiger partial charge in [0.15, 0.2) is 0 Å². The summed E-state index contributed by atoms with van der Waals surface area (Å²) in [5, 5.41) is 15.3. The number of hydrogen-bond donors (Lipinski definition) is 1. The minimum absolute atomic E-state index is 0.0350. The minimum atomic E-state index is -5.08. The van der Waals surface area contributed by atoms with Gasteiger partial charge in [-0.15, -0.1) is 5.10 Å². The van der Waals surface area contributed by atoms with E-state index in [-0.39, 0.29) is 11.7 Å². The van der Waals surface area contributed by atoms with Crippen molar-refractivity contribution in [1.29, 1.82) is 0 Å². The third kappa shape index (κ3) is 7.53. The van der Waals surface area contributed by atoms with Crippen LogP contribution >= 0.6 is 0 Å². The Bertz CT molecular complexity index is 782. The molecule has 0 radical (unpaired) electrons. The number of fused-ring (bicyclic) bond motifs is 1. The molecule has 1 unspecified atom stereocenters. The first kappa shape index (κ1) is 25.3. The maximum absolute atomic E-state index is 12.2. The summed E-state index contributed by atoms with van der Waals surface area (Å²) in [6.45, 7) is 4.30. The number of ether oxygens (including phenoxy) is 1. The number of sulfonamides is 1. The van der Waals surface area contributed by atoms with Crippen molar-refractivity contribution in [2.45, 2.75) is 25.6 Å². The van der Waals surface area contributed by atoms with Crippen LogP contribution in [0.15, 0.2) is 0 Å². The van der Waals surface area contributed by atoms with Crippen LogP contribution in [-0.4, -0.2) is 96.0 Å². The Morgan fingerprint density at radius 1 is 1.38 bits per heavy atom. The summed E-state index contributed by atoms with van der Waals surface area (Å²) in [5.74, 6) is -2.70. The van der Waals surface area contributed by atoms with Gasteiger partial charge in [0.2, 0.25) is 10.0 Å². The van der Waals surface area contributed by atoms with E-state index >= 15 is 0 Å². The van der Waals surface area contributed by atoms with E-state index in [1.807, 2.05) is 26.0 Å². The van der Waals surface area contributed by atoms with Crippen molar-refractivity contribution in [3.05, 3.63) is 11.4 Å². The quantitative estimate of drug-likeness (QED) is 0.595. The normalized spacial score (nSPS) is 17.6. The number of aryl methyl sites for hydroxylation is 1. The summed E-state index contributed by atoms with van der Waals surface area (Å²) < 4.78 is 65.0. The molecule has 0 spiro atoms. The number of alkyl halides is 3. The first-order valence-electron chi connectivity index (χ1n) is 8.68. The molecular weight excluding hydrogens is 419 g/mol. The number of hydrogen-bond acceptors (Lipinski definition) is 7. The maximum Gasteiger partial charge on any atom is 0.490 e. The first-order chi connectivity index (χ1) is 13.3. The highest BCUT2D eigenvalue weighted by atomic mass is 32.2. The highest BCUT2D eigenvalue weighted by Crippen LogP contribution is 2.28. The highest BCUT2D eigenvalue weighted by Gasteiger charge is 2.38. The standard InChI is InChI=1S/C13H25N5O3S.C2HF3O2/c1-5-22(19,20)18-8-11(10-21-7-6-16(2)3)13-12(9-18)14-15-17(13)4;3-2(4,5)1(6)7/h11H,5-10H2,1-4H3;(H,6,7). The molecule has 14 heteroatoms. The number of aliphatic carboxylic acids is 1. The third-order valence-electron chi connectivity index (χ3n) is 4.08. The Balaban J connectivity index is 0.000000516. The Labute approximate surface area is 167 Å². The van der Waals surface area contributed by atoms with Gasteiger partial charge in [-0.1, -0.05) is 5.21 Å². The first-order valence-corrected chi connectivity index (χ1v) is 10.3. The molecule has 1 N–H and O–H groups in total. The third-order valence-corrected chi connectivity index (χ3v) is 5.88. The smallest absolute Gasteiger partial charge is 0.475 e. The van der Waals surface area contributed by atoms with Crippen molar-refractivity contribution in [2.24, 2.45) is 7.05 Å². The molecule has 1 atom stereocenters. The Morgan fingerprint density at radius 2 is 1.97 bits per heavy atom. The van der Waals surface area contributed by atoms with Crippen LogP contribution in [0, 0.1) is 0 Å². The molecule has 0 bridgehead atoms. The fourth-order valence-electron chi connectivity index (χ4n) is 2.58. The summed E-state index contributed by atoms with van der Waals surface area (Å²) in [5.41, 5.74) is 1.71. The summed E-state index contributed by atoms with van der Waals surface area (Å²) >= 11 is 0. The van der Waals surface area contributed by atoms with Gasteiger partial charge >= 0.3 is 12.1 Å². The lowest BCUT2D eigenvalue weighted by Gasteiger charge is -2.31. The van der Waals surface area contributed by atoms with Crippen molar-refractivity contribution in [3.63, 3.8) is 0 Å². The molecule has 10 nitrogen and oxygen atoms in total. The van der Waals surface area contributed by atoms with E-state index in [1.165, 1.54) is 4.31 Å². The van der Waals surface area contributed by atoms with E-state index < -0.39 is 22.2 Å². The van der Waals surface area contributed by atoms with Gasteiger partial charge in [0, 0.05) is 26.1 Å². The maximum atomic E-state index is 12.2. The predicted molar refractivity (Wildman–Crippen MR) is 96.7 cm³/mol. The van der Waals surface area contributed by atoms with E-state index in [9.17, 15) is 21.6 Å². The molecule has 0 saturated heterocycles. The van der Waals surface area contributed by atoms with Gasteiger partial charge in [-0.05, 0) is 21.0 Å². The number of carboxylic acid groups (broad SMARTS) is 1. The van der Waals surface area contributed by atoms with Gasteiger partial charge in [0.25, 0.3) is 0 Å². The number of halogens is 3. The molecule has 0 aromatic carbocycles. The van der Waals surface area contributed by atoms with Gasteiger partial charge in [-0.2, -0.15) is 17.5 Å². The van der Waals surface area contributed by atoms with Crippen molar-refractivity contribution in [3.8, 4) is 0 Å². The largest absolute Gasteiger partial charge is 0.490 e. The Morgan fingerprint density at radius 3 is 2.45 bits per heavy atom. The molecule has 2 rings (SSSR count). The second-order valence-electron chi connectivity index (χ2n) is 6.62. The fourth-order valence-corrected chi connectivity index (χ4v) is 3.67. The molecule has 1 aromatic heterocycles. The zero-order valence-electron chi connectivity index (χ0n) is 16.7.